The Bertz CT molecular complexity index is 836. The summed E-state index contributed by atoms with van der Waals surface area (Å²) in [5.74, 6) is 0.355. The van der Waals surface area contributed by atoms with Crippen LogP contribution < -0.4 is 21.1 Å². The number of nitrogens with two attached hydrogens (primary N) is 2. The lowest BCUT2D eigenvalue weighted by molar-refractivity contribution is -0.149. The number of nitrogens with one attached hydrogen (secondary N) is 1. The Morgan fingerprint density at radius 2 is 1.91 bits per heavy atom. The third-order valence-corrected chi connectivity index (χ3v) is 6.05. The van der Waals surface area contributed by atoms with E-state index in [1.54, 1.807) is 26.8 Å². The topological polar surface area (TPSA) is 147 Å². The zero-order valence-electron chi connectivity index (χ0n) is 19.9. The van der Waals surface area contributed by atoms with Crippen molar-refractivity contribution >= 4 is 26.4 Å². The quantitative estimate of drug-likeness (QED) is 0.163. The first kappa shape index (κ1) is 27.7. The van der Waals surface area contributed by atoms with Crippen molar-refractivity contribution in [1.29, 1.82) is 0 Å². The highest BCUT2D eigenvalue weighted by Gasteiger charge is 2.28. The zero-order chi connectivity index (χ0) is 24.9. The Hall–Kier alpha value is -2.52. The van der Waals surface area contributed by atoms with Gasteiger partial charge in [-0.25, -0.2) is 9.88 Å². The molecular weight excluding hydrogens is 459 g/mol. The van der Waals surface area contributed by atoms with Gasteiger partial charge in [0.25, 0.3) is 0 Å². The number of amides is 2. The average Bonchev–Trinajstić information content (AvgIpc) is 3.22. The fraction of sp³-hybridized carbons (Fsp3) is 0.522. The number of urea groups is 1. The maximum absolute atomic E-state index is 12.2. The molecule has 1 aromatic rings. The van der Waals surface area contributed by atoms with Crippen molar-refractivity contribution in [3.05, 3.63) is 42.5 Å². The first-order valence-corrected chi connectivity index (χ1v) is 12.5. The minimum atomic E-state index is -1.60. The van der Waals surface area contributed by atoms with Gasteiger partial charge in [-0.3, -0.25) is 4.79 Å². The number of aliphatic imine (C=N–C) groups is 1. The molecule has 0 radical (unpaired) electrons. The number of carbonyl (C=O) groups is 2. The molecule has 0 spiro atoms. The summed E-state index contributed by atoms with van der Waals surface area (Å²) in [5, 5.41) is 3.10. The highest BCUT2D eigenvalue weighted by molar-refractivity contribution is 7.45. The van der Waals surface area contributed by atoms with Gasteiger partial charge in [0.15, 0.2) is 0 Å². The van der Waals surface area contributed by atoms with Gasteiger partial charge in [-0.05, 0) is 64.7 Å². The number of primary amides is 1. The number of rotatable bonds is 13. The largest absolute Gasteiger partial charge is 0.462 e. The Balaban J connectivity index is 1.82. The van der Waals surface area contributed by atoms with E-state index in [2.05, 4.69) is 10.1 Å². The molecule has 1 saturated heterocycles. The van der Waals surface area contributed by atoms with Crippen LogP contribution in [0.25, 0.3) is 0 Å². The molecule has 0 aliphatic carbocycles. The summed E-state index contributed by atoms with van der Waals surface area (Å²) in [6.45, 7) is 5.66. The minimum absolute atomic E-state index is 0.0698. The van der Waals surface area contributed by atoms with Crippen molar-refractivity contribution in [3.63, 3.8) is 0 Å². The summed E-state index contributed by atoms with van der Waals surface area (Å²) >= 11 is 0. The molecule has 1 fully saturated rings. The Kier molecular flexibility index (Phi) is 12.0. The molecule has 11 heteroatoms. The van der Waals surface area contributed by atoms with E-state index >= 15 is 0 Å². The molecule has 2 amide bonds. The number of hydrogen-bond donors (Lipinski definition) is 3. The minimum Gasteiger partial charge on any atom is -0.462 e. The lowest BCUT2D eigenvalue weighted by atomic mass is 10.1. The number of carbonyl (C=O) groups excluding carboxylic acids is 2. The van der Waals surface area contributed by atoms with Crippen LogP contribution in [0.4, 0.5) is 4.79 Å². The molecule has 0 aromatic heterocycles. The summed E-state index contributed by atoms with van der Waals surface area (Å²) in [6.07, 6.45) is 6.53. The summed E-state index contributed by atoms with van der Waals surface area (Å²) < 4.78 is 23.3. The zero-order valence-corrected chi connectivity index (χ0v) is 20.8. The summed E-state index contributed by atoms with van der Waals surface area (Å²) in [4.78, 5) is 26.3. The normalized spacial score (nSPS) is 20.4. The van der Waals surface area contributed by atoms with Crippen molar-refractivity contribution in [1.82, 2.24) is 5.09 Å². The highest BCUT2D eigenvalue weighted by Crippen LogP contribution is 2.37. The van der Waals surface area contributed by atoms with E-state index in [-0.39, 0.29) is 30.1 Å². The van der Waals surface area contributed by atoms with Gasteiger partial charge in [0, 0.05) is 0 Å². The fourth-order valence-electron chi connectivity index (χ4n) is 3.13. The number of benzene rings is 1. The van der Waals surface area contributed by atoms with Crippen LogP contribution in [0.5, 0.6) is 5.75 Å². The Morgan fingerprint density at radius 3 is 2.59 bits per heavy atom. The maximum atomic E-state index is 12.2. The molecule has 0 bridgehead atoms. The van der Waals surface area contributed by atoms with Gasteiger partial charge in [-0.1, -0.05) is 24.3 Å². The summed E-state index contributed by atoms with van der Waals surface area (Å²) in [5.41, 5.74) is 10.5. The molecule has 2 rings (SSSR count). The van der Waals surface area contributed by atoms with Gasteiger partial charge in [0.1, 0.15) is 17.6 Å². The van der Waals surface area contributed by atoms with Crippen LogP contribution >= 0.6 is 8.53 Å². The van der Waals surface area contributed by atoms with Crippen LogP contribution in [0.1, 0.15) is 46.5 Å². The smallest absolute Gasteiger partial charge is 0.340 e. The second-order valence-electron chi connectivity index (χ2n) is 8.11. The Labute approximate surface area is 202 Å². The standard InChI is InChI=1S/C23H35N4O6P/c1-16(2)31-22(28)17(3)27-34(33-19-10-5-4-6-11-19)30-15-20-14-13-18(32-20)9-7-8-12-21(24)26-23(25)29/h4-6,8,10-12,16-18,20,27H,7,9,13-15H2,1-3H3,(H4,24,25,26,29)/b12-8-/t17-,18+,20?,34?/m1/s1. The van der Waals surface area contributed by atoms with E-state index in [0.29, 0.717) is 12.4 Å². The fourth-order valence-corrected chi connectivity index (χ4v) is 4.35. The summed E-state index contributed by atoms with van der Waals surface area (Å²) in [7, 11) is -1.60. The van der Waals surface area contributed by atoms with Crippen molar-refractivity contribution in [2.45, 2.75) is 70.8 Å². The predicted octanol–water partition coefficient (Wildman–Crippen LogP) is 3.56. The van der Waals surface area contributed by atoms with Gasteiger partial charge < -0.3 is 30.0 Å². The maximum Gasteiger partial charge on any atom is 0.340 e. The third-order valence-electron chi connectivity index (χ3n) is 4.69. The molecule has 1 aromatic carbocycles. The molecule has 188 valence electrons. The molecule has 1 aliphatic rings. The van der Waals surface area contributed by atoms with Crippen LogP contribution in [0.3, 0.4) is 0 Å². The van der Waals surface area contributed by atoms with Crippen molar-refractivity contribution in [2.24, 2.45) is 16.5 Å². The van der Waals surface area contributed by atoms with Crippen molar-refractivity contribution in [3.8, 4) is 5.75 Å². The van der Waals surface area contributed by atoms with Crippen LogP contribution in [0, 0.1) is 0 Å². The number of hydrogen-bond acceptors (Lipinski definition) is 7. The van der Waals surface area contributed by atoms with Gasteiger partial charge in [0.05, 0.1) is 24.9 Å². The second-order valence-corrected chi connectivity index (χ2v) is 9.32. The van der Waals surface area contributed by atoms with Crippen LogP contribution in [-0.2, 0) is 18.8 Å². The van der Waals surface area contributed by atoms with Crippen molar-refractivity contribution < 1.29 is 28.1 Å². The van der Waals surface area contributed by atoms with Crippen molar-refractivity contribution in [2.75, 3.05) is 6.61 Å². The Morgan fingerprint density at radius 1 is 1.21 bits per heavy atom. The van der Waals surface area contributed by atoms with Crippen LogP contribution in [0.15, 0.2) is 47.5 Å². The lowest BCUT2D eigenvalue weighted by Crippen LogP contribution is -2.35. The molecule has 1 heterocycles. The van der Waals surface area contributed by atoms with E-state index < -0.39 is 20.6 Å². The first-order valence-electron chi connectivity index (χ1n) is 11.3. The molecule has 4 atom stereocenters. The van der Waals surface area contributed by atoms with E-state index in [4.69, 9.17) is 30.0 Å². The van der Waals surface area contributed by atoms with Gasteiger partial charge in [-0.2, -0.15) is 4.99 Å². The van der Waals surface area contributed by atoms with E-state index in [1.807, 2.05) is 36.4 Å². The number of nitrogens with zero attached hydrogens (tertiary/aromatic N) is 1. The van der Waals surface area contributed by atoms with Gasteiger partial charge >= 0.3 is 20.5 Å². The van der Waals surface area contributed by atoms with Crippen LogP contribution in [-0.4, -0.2) is 48.8 Å². The molecule has 10 nitrogen and oxygen atoms in total. The van der Waals surface area contributed by atoms with E-state index in [0.717, 1.165) is 25.7 Å². The number of allylic oxidation sites excluding steroid dienone is 1. The van der Waals surface area contributed by atoms with Gasteiger partial charge in [0.2, 0.25) is 0 Å². The molecule has 34 heavy (non-hydrogen) atoms. The highest BCUT2D eigenvalue weighted by atomic mass is 31.2. The monoisotopic (exact) mass is 494 g/mol. The number of esters is 1. The molecule has 5 N–H and O–H groups in total. The number of amidine groups is 1. The van der Waals surface area contributed by atoms with Gasteiger partial charge in [-0.15, -0.1) is 0 Å². The SMILES string of the molecule is CC(C)OC(=O)[C@@H](C)NP(OCC1CC[C@H](CC/C=C\C(N)=N/C(N)=O)O1)Oc1ccccc1. The average molecular weight is 495 g/mol. The number of para-hydroxylation sites is 1. The third kappa shape index (κ3) is 11.1. The molecule has 1 aliphatic heterocycles. The summed E-state index contributed by atoms with van der Waals surface area (Å²) in [6, 6.07) is 7.87. The first-order chi connectivity index (χ1) is 16.2. The molecule has 2 unspecified atom stereocenters. The molecule has 0 saturated carbocycles. The number of ether oxygens (including phenoxy) is 2. The second kappa shape index (κ2) is 14.7. The van der Waals surface area contributed by atoms with E-state index in [9.17, 15) is 9.59 Å². The lowest BCUT2D eigenvalue weighted by Gasteiger charge is -2.23. The molecular formula is C23H35N4O6P. The predicted molar refractivity (Wildman–Crippen MR) is 131 cm³/mol. The van der Waals surface area contributed by atoms with E-state index in [1.165, 1.54) is 0 Å². The van der Waals surface area contributed by atoms with Crippen LogP contribution in [0.2, 0.25) is 0 Å².